The van der Waals surface area contributed by atoms with E-state index < -0.39 is 0 Å². The molecule has 0 spiro atoms. The number of anilines is 2. The van der Waals surface area contributed by atoms with Crippen LogP contribution < -0.4 is 10.2 Å². The lowest BCUT2D eigenvalue weighted by Crippen LogP contribution is -2.26. The van der Waals surface area contributed by atoms with E-state index in [2.05, 4.69) is 15.3 Å². The van der Waals surface area contributed by atoms with Gasteiger partial charge in [-0.2, -0.15) is 0 Å². The molecule has 0 saturated heterocycles. The molecule has 2 aromatic rings. The molecule has 6 heteroatoms. The van der Waals surface area contributed by atoms with E-state index >= 15 is 0 Å². The van der Waals surface area contributed by atoms with Gasteiger partial charge in [0.05, 0.1) is 11.3 Å². The second kappa shape index (κ2) is 5.34. The third-order valence-electron chi connectivity index (χ3n) is 2.71. The summed E-state index contributed by atoms with van der Waals surface area (Å²) >= 11 is 0. The number of hydrogen-bond acceptors (Lipinski definition) is 3. The summed E-state index contributed by atoms with van der Waals surface area (Å²) in [7, 11) is 1.63. The molecule has 1 aromatic carbocycles. The predicted molar refractivity (Wildman–Crippen MR) is 72.1 cm³/mol. The number of para-hydroxylation sites is 1. The van der Waals surface area contributed by atoms with Gasteiger partial charge in [-0.3, -0.25) is 14.9 Å². The average molecular weight is 258 g/mol. The molecule has 98 valence electrons. The van der Waals surface area contributed by atoms with E-state index in [1.54, 1.807) is 43.7 Å². The highest BCUT2D eigenvalue weighted by atomic mass is 16.2. The molecule has 2 rings (SSSR count). The van der Waals surface area contributed by atoms with Crippen molar-refractivity contribution >= 4 is 23.5 Å². The molecule has 0 aliphatic carbocycles. The molecule has 2 N–H and O–H groups in total. The average Bonchev–Trinajstić information content (AvgIpc) is 2.90. The topological polar surface area (TPSA) is 78.1 Å². The Kier molecular flexibility index (Phi) is 3.61. The lowest BCUT2D eigenvalue weighted by Gasteiger charge is -2.18. The van der Waals surface area contributed by atoms with E-state index in [-0.39, 0.29) is 11.8 Å². The van der Waals surface area contributed by atoms with E-state index in [0.29, 0.717) is 17.2 Å². The molecule has 0 aliphatic heterocycles. The summed E-state index contributed by atoms with van der Waals surface area (Å²) in [6.45, 7) is 1.45. The maximum absolute atomic E-state index is 12.2. The van der Waals surface area contributed by atoms with Gasteiger partial charge in [-0.15, -0.1) is 0 Å². The van der Waals surface area contributed by atoms with Crippen molar-refractivity contribution in [2.45, 2.75) is 6.92 Å². The molecule has 0 aliphatic rings. The summed E-state index contributed by atoms with van der Waals surface area (Å²) < 4.78 is 0. The van der Waals surface area contributed by atoms with Gasteiger partial charge in [-0.1, -0.05) is 12.1 Å². The van der Waals surface area contributed by atoms with Crippen molar-refractivity contribution in [3.63, 3.8) is 0 Å². The number of imidazole rings is 1. The van der Waals surface area contributed by atoms with Gasteiger partial charge < -0.3 is 9.88 Å². The lowest BCUT2D eigenvalue weighted by molar-refractivity contribution is -0.116. The van der Waals surface area contributed by atoms with Crippen molar-refractivity contribution in [3.05, 3.63) is 42.2 Å². The number of aromatic amines is 1. The smallest absolute Gasteiger partial charge is 0.260 e. The van der Waals surface area contributed by atoms with Crippen LogP contribution in [0, 0.1) is 0 Å². The first-order valence-electron chi connectivity index (χ1n) is 5.73. The second-order valence-corrected chi connectivity index (χ2v) is 3.99. The maximum Gasteiger partial charge on any atom is 0.260 e. The second-order valence-electron chi connectivity index (χ2n) is 3.99. The highest BCUT2D eigenvalue weighted by molar-refractivity contribution is 6.09. The Morgan fingerprint density at radius 3 is 2.68 bits per heavy atom. The summed E-state index contributed by atoms with van der Waals surface area (Å²) in [6.07, 6.45) is 3.16. The molecule has 0 radical (unpaired) electrons. The molecular formula is C13H14N4O2. The van der Waals surface area contributed by atoms with Gasteiger partial charge >= 0.3 is 0 Å². The number of rotatable bonds is 3. The number of carbonyl (C=O) groups is 2. The molecule has 1 heterocycles. The van der Waals surface area contributed by atoms with Crippen LogP contribution in [0.15, 0.2) is 36.7 Å². The minimum Gasteiger partial charge on any atom is -0.331 e. The molecular weight excluding hydrogens is 244 g/mol. The van der Waals surface area contributed by atoms with Crippen LogP contribution in [0.2, 0.25) is 0 Å². The number of H-pyrrole nitrogens is 1. The summed E-state index contributed by atoms with van der Waals surface area (Å²) in [5.41, 5.74) is 0.968. The van der Waals surface area contributed by atoms with Crippen LogP contribution in [-0.2, 0) is 4.79 Å². The van der Waals surface area contributed by atoms with Crippen LogP contribution in [0.5, 0.6) is 0 Å². The first kappa shape index (κ1) is 12.8. The Bertz CT molecular complexity index is 592. The Labute approximate surface area is 110 Å². The lowest BCUT2D eigenvalue weighted by atomic mass is 10.1. The number of amides is 2. The van der Waals surface area contributed by atoms with Gasteiger partial charge in [0.2, 0.25) is 11.9 Å². The van der Waals surface area contributed by atoms with E-state index in [1.165, 1.54) is 11.8 Å². The molecule has 0 unspecified atom stereocenters. The SMILES string of the molecule is CC(=O)N(C)c1ccccc1C(=O)Nc1ncc[nH]1. The van der Waals surface area contributed by atoms with Gasteiger partial charge in [-0.05, 0) is 12.1 Å². The fourth-order valence-electron chi connectivity index (χ4n) is 1.64. The zero-order valence-corrected chi connectivity index (χ0v) is 10.7. The van der Waals surface area contributed by atoms with Gasteiger partial charge in [0.25, 0.3) is 5.91 Å². The largest absolute Gasteiger partial charge is 0.331 e. The van der Waals surface area contributed by atoms with Crippen LogP contribution in [0.25, 0.3) is 0 Å². The summed E-state index contributed by atoms with van der Waals surface area (Å²) in [4.78, 5) is 31.7. The van der Waals surface area contributed by atoms with Gasteiger partial charge in [0.15, 0.2) is 0 Å². The van der Waals surface area contributed by atoms with Crippen LogP contribution in [0.4, 0.5) is 11.6 Å². The molecule has 2 amide bonds. The molecule has 6 nitrogen and oxygen atoms in total. The van der Waals surface area contributed by atoms with Crippen molar-refractivity contribution in [1.82, 2.24) is 9.97 Å². The van der Waals surface area contributed by atoms with Crippen LogP contribution in [-0.4, -0.2) is 28.8 Å². The zero-order chi connectivity index (χ0) is 13.8. The van der Waals surface area contributed by atoms with Gasteiger partial charge in [-0.25, -0.2) is 4.98 Å². The normalized spacial score (nSPS) is 10.0. The molecule has 19 heavy (non-hydrogen) atoms. The molecule has 0 saturated carbocycles. The third-order valence-corrected chi connectivity index (χ3v) is 2.71. The number of carbonyl (C=O) groups excluding carboxylic acids is 2. The quantitative estimate of drug-likeness (QED) is 0.878. The molecule has 0 atom stereocenters. The maximum atomic E-state index is 12.2. The fourth-order valence-corrected chi connectivity index (χ4v) is 1.64. The fraction of sp³-hybridized carbons (Fsp3) is 0.154. The standard InChI is InChI=1S/C13H14N4O2/c1-9(18)17(2)11-6-4-3-5-10(11)12(19)16-13-14-7-8-15-13/h3-8H,1-2H3,(H2,14,15,16,19). The number of aromatic nitrogens is 2. The first-order chi connectivity index (χ1) is 9.09. The highest BCUT2D eigenvalue weighted by Crippen LogP contribution is 2.20. The number of hydrogen-bond donors (Lipinski definition) is 2. The van der Waals surface area contributed by atoms with Crippen molar-refractivity contribution in [3.8, 4) is 0 Å². The Morgan fingerprint density at radius 1 is 1.32 bits per heavy atom. The summed E-state index contributed by atoms with van der Waals surface area (Å²) in [6, 6.07) is 6.90. The summed E-state index contributed by atoms with van der Waals surface area (Å²) in [5, 5.41) is 2.63. The van der Waals surface area contributed by atoms with E-state index in [1.807, 2.05) is 0 Å². The molecule has 0 fully saturated rings. The van der Waals surface area contributed by atoms with Gasteiger partial charge in [0, 0.05) is 26.4 Å². The molecule has 0 bridgehead atoms. The zero-order valence-electron chi connectivity index (χ0n) is 10.7. The van der Waals surface area contributed by atoms with Crippen LogP contribution in [0.1, 0.15) is 17.3 Å². The van der Waals surface area contributed by atoms with Crippen molar-refractivity contribution < 1.29 is 9.59 Å². The third kappa shape index (κ3) is 2.79. The number of benzene rings is 1. The Hall–Kier alpha value is -2.63. The Balaban J connectivity index is 2.29. The van der Waals surface area contributed by atoms with Crippen LogP contribution >= 0.6 is 0 Å². The first-order valence-corrected chi connectivity index (χ1v) is 5.73. The van der Waals surface area contributed by atoms with Crippen LogP contribution in [0.3, 0.4) is 0 Å². The van der Waals surface area contributed by atoms with Crippen molar-refractivity contribution in [1.29, 1.82) is 0 Å². The minimum atomic E-state index is -0.321. The van der Waals surface area contributed by atoms with Crippen molar-refractivity contribution in [2.75, 3.05) is 17.3 Å². The van der Waals surface area contributed by atoms with E-state index in [4.69, 9.17) is 0 Å². The Morgan fingerprint density at radius 2 is 2.05 bits per heavy atom. The summed E-state index contributed by atoms with van der Waals surface area (Å²) in [5.74, 6) is -0.0952. The van der Waals surface area contributed by atoms with E-state index in [9.17, 15) is 9.59 Å². The van der Waals surface area contributed by atoms with Crippen molar-refractivity contribution in [2.24, 2.45) is 0 Å². The number of nitrogens with one attached hydrogen (secondary N) is 2. The predicted octanol–water partition coefficient (Wildman–Crippen LogP) is 1.64. The minimum absolute atomic E-state index is 0.141. The number of nitrogens with zero attached hydrogens (tertiary/aromatic N) is 2. The highest BCUT2D eigenvalue weighted by Gasteiger charge is 2.16. The van der Waals surface area contributed by atoms with E-state index in [0.717, 1.165) is 0 Å². The monoisotopic (exact) mass is 258 g/mol. The van der Waals surface area contributed by atoms with Gasteiger partial charge in [0.1, 0.15) is 0 Å². The molecule has 1 aromatic heterocycles.